The third-order valence-electron chi connectivity index (χ3n) is 4.08. The first-order chi connectivity index (χ1) is 13.6. The molecule has 0 atom stereocenters. The lowest BCUT2D eigenvalue weighted by Gasteiger charge is -2.14. The third-order valence-corrected chi connectivity index (χ3v) is 4.08. The van der Waals surface area contributed by atoms with E-state index in [1.54, 1.807) is 30.5 Å². The number of nitriles is 2. The van der Waals surface area contributed by atoms with Crippen molar-refractivity contribution in [1.29, 1.82) is 10.5 Å². The van der Waals surface area contributed by atoms with Crippen molar-refractivity contribution in [2.45, 2.75) is 13.8 Å². The van der Waals surface area contributed by atoms with Crippen LogP contribution in [0.25, 0.3) is 6.08 Å². The van der Waals surface area contributed by atoms with Crippen LogP contribution < -0.4 is 10.6 Å². The molecule has 3 rings (SSSR count). The van der Waals surface area contributed by atoms with E-state index in [-0.39, 0.29) is 12.4 Å². The fraction of sp³-hybridized carbons (Fsp3) is 0.0909. The lowest BCUT2D eigenvalue weighted by molar-refractivity contribution is 1.16. The molecule has 0 radical (unpaired) electrons. The first-order valence-electron chi connectivity index (χ1n) is 8.63. The van der Waals surface area contributed by atoms with E-state index in [9.17, 15) is 0 Å². The number of anilines is 4. The van der Waals surface area contributed by atoms with Gasteiger partial charge in [-0.05, 0) is 79.1 Å². The lowest BCUT2D eigenvalue weighted by atomic mass is 10.0. The first kappa shape index (κ1) is 21.4. The molecule has 0 aliphatic rings. The van der Waals surface area contributed by atoms with E-state index in [4.69, 9.17) is 10.5 Å². The molecule has 0 saturated heterocycles. The number of nitrogens with one attached hydrogen (secondary N) is 2. The maximum Gasteiger partial charge on any atom is 0.229 e. The molecule has 6 nitrogen and oxygen atoms in total. The Hall–Kier alpha value is -3.87. The second-order valence-corrected chi connectivity index (χ2v) is 6.20. The molecule has 2 N–H and O–H groups in total. The van der Waals surface area contributed by atoms with Gasteiger partial charge in [-0.2, -0.15) is 15.5 Å². The summed E-state index contributed by atoms with van der Waals surface area (Å²) in [5, 5.41) is 24.0. The molecule has 2 aromatic carbocycles. The van der Waals surface area contributed by atoms with Crippen molar-refractivity contribution in [2.75, 3.05) is 10.6 Å². The summed E-state index contributed by atoms with van der Waals surface area (Å²) in [6.07, 6.45) is 4.93. The van der Waals surface area contributed by atoms with Gasteiger partial charge < -0.3 is 10.6 Å². The van der Waals surface area contributed by atoms with Gasteiger partial charge in [0.25, 0.3) is 0 Å². The van der Waals surface area contributed by atoms with Crippen LogP contribution in [0.3, 0.4) is 0 Å². The van der Waals surface area contributed by atoms with Gasteiger partial charge in [-0.15, -0.1) is 12.4 Å². The zero-order valence-corrected chi connectivity index (χ0v) is 16.8. The van der Waals surface area contributed by atoms with Crippen molar-refractivity contribution in [1.82, 2.24) is 9.97 Å². The largest absolute Gasteiger partial charge is 0.340 e. The summed E-state index contributed by atoms with van der Waals surface area (Å²) in [5.41, 5.74) is 5.46. The van der Waals surface area contributed by atoms with E-state index < -0.39 is 0 Å². The van der Waals surface area contributed by atoms with Crippen molar-refractivity contribution in [3.05, 3.63) is 77.0 Å². The van der Waals surface area contributed by atoms with Crippen LogP contribution in [-0.4, -0.2) is 9.97 Å². The fourth-order valence-electron chi connectivity index (χ4n) is 2.80. The molecule has 29 heavy (non-hydrogen) atoms. The normalized spacial score (nSPS) is 9.93. The minimum Gasteiger partial charge on any atom is -0.340 e. The van der Waals surface area contributed by atoms with Crippen LogP contribution in [0.1, 0.15) is 22.3 Å². The number of benzene rings is 2. The summed E-state index contributed by atoms with van der Waals surface area (Å²) in [4.78, 5) is 8.75. The summed E-state index contributed by atoms with van der Waals surface area (Å²) in [6.45, 7) is 4.02. The fourth-order valence-corrected chi connectivity index (χ4v) is 2.80. The van der Waals surface area contributed by atoms with Gasteiger partial charge in [-0.1, -0.05) is 0 Å². The van der Waals surface area contributed by atoms with Gasteiger partial charge in [0.2, 0.25) is 5.95 Å². The van der Waals surface area contributed by atoms with Gasteiger partial charge in [0.05, 0.1) is 17.7 Å². The molecular formula is C22H19ClN6. The van der Waals surface area contributed by atoms with Gasteiger partial charge >= 0.3 is 0 Å². The number of allylic oxidation sites excluding steroid dienone is 1. The molecule has 144 valence electrons. The quantitative estimate of drug-likeness (QED) is 0.553. The van der Waals surface area contributed by atoms with Crippen LogP contribution in [0.5, 0.6) is 0 Å². The smallest absolute Gasteiger partial charge is 0.229 e. The second-order valence-electron chi connectivity index (χ2n) is 6.20. The number of aryl methyl sites for hydroxylation is 2. The lowest BCUT2D eigenvalue weighted by Crippen LogP contribution is -2.02. The number of hydrogen-bond acceptors (Lipinski definition) is 6. The predicted octanol–water partition coefficient (Wildman–Crippen LogP) is 5.41. The van der Waals surface area contributed by atoms with Crippen molar-refractivity contribution >= 4 is 41.6 Å². The Bertz CT molecular complexity index is 1080. The Morgan fingerprint density at radius 3 is 2.28 bits per heavy atom. The van der Waals surface area contributed by atoms with E-state index in [2.05, 4.69) is 26.7 Å². The van der Waals surface area contributed by atoms with Gasteiger partial charge in [0.1, 0.15) is 5.82 Å². The standard InChI is InChI=1S/C22H18N6.ClH/c1-15-12-18(4-3-10-23)13-16(2)21(15)27-20-9-11-25-22(28-20)26-19-7-5-17(14-24)6-8-19;/h3-9,11-13H,1-2H3,(H2,25,26,27,28);1H/b4-3+;. The Balaban J connectivity index is 0.00000300. The summed E-state index contributed by atoms with van der Waals surface area (Å²) in [6, 6.07) is 17.0. The SMILES string of the molecule is Cc1cc(/C=C/C#N)cc(C)c1Nc1ccnc(Nc2ccc(C#N)cc2)n1.Cl. The third kappa shape index (κ3) is 5.55. The van der Waals surface area contributed by atoms with Crippen LogP contribution in [0, 0.1) is 36.5 Å². The van der Waals surface area contributed by atoms with Crippen LogP contribution in [0.4, 0.5) is 23.1 Å². The van der Waals surface area contributed by atoms with E-state index in [1.165, 1.54) is 6.08 Å². The van der Waals surface area contributed by atoms with E-state index in [0.29, 0.717) is 17.3 Å². The molecule has 7 heteroatoms. The molecular weight excluding hydrogens is 384 g/mol. The Morgan fingerprint density at radius 1 is 0.966 bits per heavy atom. The van der Waals surface area contributed by atoms with E-state index in [1.807, 2.05) is 44.2 Å². The monoisotopic (exact) mass is 402 g/mol. The zero-order chi connectivity index (χ0) is 19.9. The average molecular weight is 403 g/mol. The van der Waals surface area contributed by atoms with Crippen LogP contribution in [0.2, 0.25) is 0 Å². The summed E-state index contributed by atoms with van der Waals surface area (Å²) < 4.78 is 0. The molecule has 1 heterocycles. The highest BCUT2D eigenvalue weighted by molar-refractivity contribution is 5.85. The summed E-state index contributed by atoms with van der Waals surface area (Å²) >= 11 is 0. The zero-order valence-electron chi connectivity index (χ0n) is 16.0. The number of aromatic nitrogens is 2. The van der Waals surface area contributed by atoms with Gasteiger partial charge in [-0.25, -0.2) is 4.98 Å². The second kappa shape index (κ2) is 9.89. The maximum absolute atomic E-state index is 8.88. The summed E-state index contributed by atoms with van der Waals surface area (Å²) in [5.74, 6) is 1.12. The van der Waals surface area contributed by atoms with Crippen LogP contribution >= 0.6 is 12.4 Å². The molecule has 3 aromatic rings. The minimum absolute atomic E-state index is 0. The Kier molecular flexibility index (Phi) is 7.31. The van der Waals surface area contributed by atoms with Crippen molar-refractivity contribution in [2.24, 2.45) is 0 Å². The maximum atomic E-state index is 8.88. The van der Waals surface area contributed by atoms with Crippen LogP contribution in [0.15, 0.2) is 54.7 Å². The van der Waals surface area contributed by atoms with Gasteiger partial charge in [0, 0.05) is 23.6 Å². The molecule has 0 bridgehead atoms. The molecule has 0 aliphatic carbocycles. The Labute approximate surface area is 176 Å². The average Bonchev–Trinajstić information content (AvgIpc) is 2.70. The minimum atomic E-state index is 0. The molecule has 0 amide bonds. The number of nitrogens with zero attached hydrogens (tertiary/aromatic N) is 4. The Morgan fingerprint density at radius 2 is 1.66 bits per heavy atom. The van der Waals surface area contributed by atoms with Crippen molar-refractivity contribution < 1.29 is 0 Å². The predicted molar refractivity (Wildman–Crippen MR) is 118 cm³/mol. The van der Waals surface area contributed by atoms with E-state index >= 15 is 0 Å². The number of rotatable bonds is 5. The molecule has 1 aromatic heterocycles. The highest BCUT2D eigenvalue weighted by Crippen LogP contribution is 2.26. The van der Waals surface area contributed by atoms with Gasteiger partial charge in [0.15, 0.2) is 0 Å². The van der Waals surface area contributed by atoms with E-state index in [0.717, 1.165) is 28.1 Å². The number of hydrogen-bond donors (Lipinski definition) is 2. The van der Waals surface area contributed by atoms with Gasteiger partial charge in [-0.3, -0.25) is 0 Å². The first-order valence-corrected chi connectivity index (χ1v) is 8.63. The molecule has 0 spiro atoms. The molecule has 0 fully saturated rings. The highest BCUT2D eigenvalue weighted by Gasteiger charge is 2.07. The van der Waals surface area contributed by atoms with Crippen molar-refractivity contribution in [3.63, 3.8) is 0 Å². The molecule has 0 saturated carbocycles. The summed E-state index contributed by atoms with van der Waals surface area (Å²) in [7, 11) is 0. The van der Waals surface area contributed by atoms with Crippen molar-refractivity contribution in [3.8, 4) is 12.1 Å². The van der Waals surface area contributed by atoms with Crippen LogP contribution in [-0.2, 0) is 0 Å². The molecule has 0 aliphatic heterocycles. The number of halogens is 1. The highest BCUT2D eigenvalue weighted by atomic mass is 35.5. The molecule has 0 unspecified atom stereocenters. The topological polar surface area (TPSA) is 97.4 Å².